The second kappa shape index (κ2) is 5.67. The first kappa shape index (κ1) is 13.5. The second-order valence-corrected chi connectivity index (χ2v) is 5.81. The molecule has 1 rings (SSSR count). The van der Waals surface area contributed by atoms with Crippen molar-refractivity contribution in [3.8, 4) is 0 Å². The first-order valence-corrected chi connectivity index (χ1v) is 6.35. The maximum absolute atomic E-state index is 11.9. The van der Waals surface area contributed by atoms with Crippen molar-refractivity contribution >= 4 is 5.97 Å². The zero-order valence-corrected chi connectivity index (χ0v) is 11.0. The fourth-order valence-electron chi connectivity index (χ4n) is 2.04. The number of nitrogens with one attached hydrogen (secondary N) is 1. The van der Waals surface area contributed by atoms with Gasteiger partial charge in [-0.05, 0) is 53.5 Å². The third-order valence-corrected chi connectivity index (χ3v) is 2.92. The van der Waals surface area contributed by atoms with Crippen molar-refractivity contribution in [2.24, 2.45) is 5.92 Å². The lowest BCUT2D eigenvalue weighted by Gasteiger charge is -2.26. The molecule has 1 fully saturated rings. The zero-order chi connectivity index (χ0) is 12.2. The van der Waals surface area contributed by atoms with Gasteiger partial charge in [-0.15, -0.1) is 0 Å². The molecule has 0 aromatic carbocycles. The smallest absolute Gasteiger partial charge is 0.309 e. The Hall–Kier alpha value is -0.570. The average Bonchev–Trinajstić information content (AvgIpc) is 2.07. The average molecular weight is 227 g/mol. The topological polar surface area (TPSA) is 38.3 Å². The molecule has 0 aromatic heterocycles. The van der Waals surface area contributed by atoms with E-state index in [1.165, 1.54) is 0 Å². The number of esters is 1. The Bertz CT molecular complexity index is 223. The van der Waals surface area contributed by atoms with Crippen LogP contribution in [0, 0.1) is 5.92 Å². The van der Waals surface area contributed by atoms with Crippen LogP contribution in [0.2, 0.25) is 0 Å². The van der Waals surface area contributed by atoms with Crippen molar-refractivity contribution in [3.63, 3.8) is 0 Å². The Morgan fingerprint density at radius 3 is 2.56 bits per heavy atom. The van der Waals surface area contributed by atoms with Crippen LogP contribution in [0.3, 0.4) is 0 Å². The van der Waals surface area contributed by atoms with E-state index in [2.05, 4.69) is 12.2 Å². The molecule has 1 aliphatic heterocycles. The van der Waals surface area contributed by atoms with Crippen LogP contribution in [-0.2, 0) is 9.53 Å². The van der Waals surface area contributed by atoms with E-state index in [1.807, 2.05) is 20.8 Å². The molecular weight excluding hydrogens is 202 g/mol. The van der Waals surface area contributed by atoms with E-state index < -0.39 is 0 Å². The van der Waals surface area contributed by atoms with E-state index in [4.69, 9.17) is 4.74 Å². The summed E-state index contributed by atoms with van der Waals surface area (Å²) in [6.45, 7) is 8.90. The normalized spacial score (nSPS) is 28.0. The minimum atomic E-state index is -0.361. The minimum Gasteiger partial charge on any atom is -0.460 e. The molecule has 1 aliphatic rings. The predicted octanol–water partition coefficient (Wildman–Crippen LogP) is 2.50. The molecule has 1 unspecified atom stereocenters. The molecule has 16 heavy (non-hydrogen) atoms. The highest BCUT2D eigenvalue weighted by molar-refractivity contribution is 5.72. The van der Waals surface area contributed by atoms with Crippen LogP contribution in [0.4, 0.5) is 0 Å². The predicted molar refractivity (Wildman–Crippen MR) is 65.3 cm³/mol. The first-order chi connectivity index (χ1) is 7.38. The Morgan fingerprint density at radius 1 is 1.25 bits per heavy atom. The number of carbonyl (C=O) groups is 1. The van der Waals surface area contributed by atoms with Crippen LogP contribution in [0.15, 0.2) is 0 Å². The summed E-state index contributed by atoms with van der Waals surface area (Å²) in [5.74, 6) is 0.0584. The third kappa shape index (κ3) is 4.97. The second-order valence-electron chi connectivity index (χ2n) is 5.81. The number of ether oxygens (including phenoxy) is 1. The largest absolute Gasteiger partial charge is 0.460 e. The Balaban J connectivity index is 2.43. The van der Waals surface area contributed by atoms with Crippen LogP contribution in [0.5, 0.6) is 0 Å². The molecule has 1 N–H and O–H groups in total. The van der Waals surface area contributed by atoms with Crippen molar-refractivity contribution in [3.05, 3.63) is 0 Å². The quantitative estimate of drug-likeness (QED) is 0.699. The fourth-order valence-corrected chi connectivity index (χ4v) is 2.04. The molecule has 0 saturated carbocycles. The van der Waals surface area contributed by atoms with E-state index in [0.29, 0.717) is 6.04 Å². The van der Waals surface area contributed by atoms with Gasteiger partial charge in [0.25, 0.3) is 0 Å². The summed E-state index contributed by atoms with van der Waals surface area (Å²) in [4.78, 5) is 11.9. The zero-order valence-electron chi connectivity index (χ0n) is 11.0. The maximum Gasteiger partial charge on any atom is 0.309 e. The van der Waals surface area contributed by atoms with Crippen LogP contribution in [-0.4, -0.2) is 24.2 Å². The molecule has 0 amide bonds. The number of hydrogen-bond acceptors (Lipinski definition) is 3. The summed E-state index contributed by atoms with van der Waals surface area (Å²) in [6, 6.07) is 0.583. The van der Waals surface area contributed by atoms with Gasteiger partial charge in [0, 0.05) is 6.04 Å². The summed E-state index contributed by atoms with van der Waals surface area (Å²) >= 11 is 0. The van der Waals surface area contributed by atoms with Gasteiger partial charge in [0.05, 0.1) is 5.92 Å². The van der Waals surface area contributed by atoms with Crippen LogP contribution in [0.25, 0.3) is 0 Å². The molecule has 0 aliphatic carbocycles. The van der Waals surface area contributed by atoms with E-state index in [-0.39, 0.29) is 17.5 Å². The molecule has 3 heteroatoms. The number of carbonyl (C=O) groups excluding carboxylic acids is 1. The highest BCUT2D eigenvalue weighted by atomic mass is 16.6. The van der Waals surface area contributed by atoms with Gasteiger partial charge in [-0.2, -0.15) is 0 Å². The van der Waals surface area contributed by atoms with E-state index in [9.17, 15) is 4.79 Å². The Kier molecular flexibility index (Phi) is 4.78. The SMILES string of the molecule is C[C@H]1CCCC(C(=O)OC(C)(C)C)CCN1. The van der Waals surface area contributed by atoms with Crippen LogP contribution in [0.1, 0.15) is 53.4 Å². The molecule has 3 nitrogen and oxygen atoms in total. The highest BCUT2D eigenvalue weighted by Crippen LogP contribution is 2.20. The van der Waals surface area contributed by atoms with Crippen LogP contribution < -0.4 is 5.32 Å². The summed E-state index contributed by atoms with van der Waals surface area (Å²) in [5, 5.41) is 3.42. The lowest BCUT2D eigenvalue weighted by molar-refractivity contribution is -0.160. The molecule has 0 spiro atoms. The Labute approximate surface area is 98.9 Å². The first-order valence-electron chi connectivity index (χ1n) is 6.35. The van der Waals surface area contributed by atoms with Gasteiger partial charge in [0.15, 0.2) is 0 Å². The standard InChI is InChI=1S/C13H25NO2/c1-10-6-5-7-11(8-9-14-10)12(15)16-13(2,3)4/h10-11,14H,5-9H2,1-4H3/t10-,11?/m0/s1. The van der Waals surface area contributed by atoms with Gasteiger partial charge in [-0.1, -0.05) is 6.42 Å². The van der Waals surface area contributed by atoms with Gasteiger partial charge < -0.3 is 10.1 Å². The lowest BCUT2D eigenvalue weighted by atomic mass is 9.94. The van der Waals surface area contributed by atoms with E-state index >= 15 is 0 Å². The van der Waals surface area contributed by atoms with Gasteiger partial charge in [0.2, 0.25) is 0 Å². The molecule has 0 radical (unpaired) electrons. The summed E-state index contributed by atoms with van der Waals surface area (Å²) < 4.78 is 5.43. The number of rotatable bonds is 1. The Morgan fingerprint density at radius 2 is 1.94 bits per heavy atom. The van der Waals surface area contributed by atoms with Gasteiger partial charge >= 0.3 is 5.97 Å². The van der Waals surface area contributed by atoms with Gasteiger partial charge in [-0.3, -0.25) is 4.79 Å². The molecule has 0 aromatic rings. The third-order valence-electron chi connectivity index (χ3n) is 2.92. The maximum atomic E-state index is 11.9. The molecule has 1 heterocycles. The molecule has 94 valence electrons. The van der Waals surface area contributed by atoms with E-state index in [0.717, 1.165) is 32.2 Å². The molecule has 2 atom stereocenters. The molecule has 1 saturated heterocycles. The lowest BCUT2D eigenvalue weighted by Crippen LogP contribution is -2.35. The van der Waals surface area contributed by atoms with E-state index in [1.54, 1.807) is 0 Å². The molecular formula is C13H25NO2. The van der Waals surface area contributed by atoms with Gasteiger partial charge in [0.1, 0.15) is 5.60 Å². The summed E-state index contributed by atoms with van der Waals surface area (Å²) in [6.07, 6.45) is 4.14. The minimum absolute atomic E-state index is 0.0242. The van der Waals surface area contributed by atoms with Gasteiger partial charge in [-0.25, -0.2) is 0 Å². The monoisotopic (exact) mass is 227 g/mol. The summed E-state index contributed by atoms with van der Waals surface area (Å²) in [7, 11) is 0. The highest BCUT2D eigenvalue weighted by Gasteiger charge is 2.25. The van der Waals surface area contributed by atoms with Crippen molar-refractivity contribution in [1.82, 2.24) is 5.32 Å². The fraction of sp³-hybridized carbons (Fsp3) is 0.923. The number of hydrogen-bond donors (Lipinski definition) is 1. The van der Waals surface area contributed by atoms with Crippen molar-refractivity contribution < 1.29 is 9.53 Å². The van der Waals surface area contributed by atoms with Crippen molar-refractivity contribution in [2.75, 3.05) is 6.54 Å². The summed E-state index contributed by atoms with van der Waals surface area (Å²) in [5.41, 5.74) is -0.361. The molecule has 0 bridgehead atoms. The van der Waals surface area contributed by atoms with Crippen molar-refractivity contribution in [1.29, 1.82) is 0 Å². The van der Waals surface area contributed by atoms with Crippen LogP contribution >= 0.6 is 0 Å². The van der Waals surface area contributed by atoms with Crippen molar-refractivity contribution in [2.45, 2.75) is 65.0 Å².